The van der Waals surface area contributed by atoms with Crippen LogP contribution in [0.5, 0.6) is 0 Å². The second-order valence-electron chi connectivity index (χ2n) is 6.24. The number of aromatic nitrogens is 5. The van der Waals surface area contributed by atoms with Crippen molar-refractivity contribution in [3.63, 3.8) is 0 Å². The number of aryl methyl sites for hydroxylation is 1. The zero-order chi connectivity index (χ0) is 17.6. The van der Waals surface area contributed by atoms with Gasteiger partial charge >= 0.3 is 0 Å². The molecule has 0 bridgehead atoms. The Kier molecular flexibility index (Phi) is 3.95. The molecule has 128 valence electrons. The number of thioether (sulfide) groups is 1. The Bertz CT molecular complexity index is 1040. The summed E-state index contributed by atoms with van der Waals surface area (Å²) in [4.78, 5) is 26.5. The van der Waals surface area contributed by atoms with Gasteiger partial charge in [0.25, 0.3) is 5.56 Å². The Hall–Kier alpha value is -2.41. The molecule has 3 heterocycles. The van der Waals surface area contributed by atoms with Crippen LogP contribution in [-0.2, 0) is 13.0 Å². The Morgan fingerprint density at radius 2 is 2.24 bits per heavy atom. The van der Waals surface area contributed by atoms with E-state index in [4.69, 9.17) is 4.98 Å². The molecule has 0 saturated heterocycles. The van der Waals surface area contributed by atoms with Crippen molar-refractivity contribution in [2.45, 2.75) is 37.4 Å². The Morgan fingerprint density at radius 1 is 1.40 bits per heavy atom. The largest absolute Gasteiger partial charge is 0.278 e. The van der Waals surface area contributed by atoms with Crippen molar-refractivity contribution >= 4 is 22.8 Å². The lowest BCUT2D eigenvalue weighted by Gasteiger charge is -2.12. The van der Waals surface area contributed by atoms with Gasteiger partial charge in [0.1, 0.15) is 5.39 Å². The zero-order valence-electron chi connectivity index (χ0n) is 14.3. The van der Waals surface area contributed by atoms with E-state index >= 15 is 0 Å². The normalized spacial score (nSPS) is 16.3. The van der Waals surface area contributed by atoms with Crippen molar-refractivity contribution in [1.29, 1.82) is 0 Å². The maximum Gasteiger partial charge on any atom is 0.278 e. The molecule has 0 aliphatic heterocycles. The van der Waals surface area contributed by atoms with Gasteiger partial charge in [-0.3, -0.25) is 4.79 Å². The van der Waals surface area contributed by atoms with Crippen LogP contribution >= 0.6 is 11.8 Å². The predicted octanol–water partition coefficient (Wildman–Crippen LogP) is 2.93. The van der Waals surface area contributed by atoms with Gasteiger partial charge in [0.2, 0.25) is 0 Å². The van der Waals surface area contributed by atoms with Crippen molar-refractivity contribution in [2.75, 3.05) is 6.26 Å². The van der Waals surface area contributed by atoms with Crippen LogP contribution in [-0.4, -0.2) is 30.6 Å². The summed E-state index contributed by atoms with van der Waals surface area (Å²) in [5.74, 6) is 1.15. The summed E-state index contributed by atoms with van der Waals surface area (Å²) in [6, 6.07) is 4.09. The number of fused-ring (bicyclic) bond motifs is 2. The topological polar surface area (TPSA) is 65.6 Å². The molecular formula is C18H19N5OS. The lowest BCUT2D eigenvalue weighted by atomic mass is 10.1. The van der Waals surface area contributed by atoms with E-state index < -0.39 is 0 Å². The standard InChI is InChI=1S/C18H19N5OS/c1-4-9-22-17(24)13-10-19-18(25-3)21-16(13)23(22)14-8-7-12-6-5-11(2)15(12)20-14/h4,7-8,10-11H,1,5-6,9H2,2-3H3. The summed E-state index contributed by atoms with van der Waals surface area (Å²) < 4.78 is 3.41. The molecule has 0 N–H and O–H groups in total. The van der Waals surface area contributed by atoms with Gasteiger partial charge in [-0.15, -0.1) is 6.58 Å². The van der Waals surface area contributed by atoms with Crippen LogP contribution in [0, 0.1) is 0 Å². The average molecular weight is 353 g/mol. The van der Waals surface area contributed by atoms with Gasteiger partial charge in [0, 0.05) is 11.9 Å². The van der Waals surface area contributed by atoms with Crippen LogP contribution in [0.15, 0.2) is 40.9 Å². The number of nitrogens with zero attached hydrogens (tertiary/aromatic N) is 5. The van der Waals surface area contributed by atoms with Gasteiger partial charge in [-0.2, -0.15) is 0 Å². The molecule has 25 heavy (non-hydrogen) atoms. The van der Waals surface area contributed by atoms with Crippen LogP contribution in [0.3, 0.4) is 0 Å². The fourth-order valence-electron chi connectivity index (χ4n) is 3.39. The summed E-state index contributed by atoms with van der Waals surface area (Å²) in [5.41, 5.74) is 2.88. The minimum absolute atomic E-state index is 0.127. The Balaban J connectivity index is 2.02. The van der Waals surface area contributed by atoms with E-state index in [1.54, 1.807) is 21.6 Å². The van der Waals surface area contributed by atoms with Crippen molar-refractivity contribution < 1.29 is 0 Å². The molecule has 0 spiro atoms. The molecule has 7 heteroatoms. The number of rotatable bonds is 4. The lowest BCUT2D eigenvalue weighted by molar-refractivity contribution is 0.593. The molecular weight excluding hydrogens is 334 g/mol. The van der Waals surface area contributed by atoms with Crippen LogP contribution in [0.25, 0.3) is 16.9 Å². The van der Waals surface area contributed by atoms with Gasteiger partial charge in [-0.1, -0.05) is 30.8 Å². The van der Waals surface area contributed by atoms with Crippen LogP contribution in [0.4, 0.5) is 0 Å². The smallest absolute Gasteiger partial charge is 0.267 e. The molecule has 1 unspecified atom stereocenters. The fraction of sp³-hybridized carbons (Fsp3) is 0.333. The second kappa shape index (κ2) is 6.15. The van der Waals surface area contributed by atoms with Crippen LogP contribution in [0.2, 0.25) is 0 Å². The Morgan fingerprint density at radius 3 is 3.00 bits per heavy atom. The van der Waals surface area contributed by atoms with E-state index in [-0.39, 0.29) is 5.56 Å². The van der Waals surface area contributed by atoms with E-state index in [1.165, 1.54) is 17.3 Å². The molecule has 3 aromatic rings. The number of pyridine rings is 1. The van der Waals surface area contributed by atoms with E-state index in [0.29, 0.717) is 34.5 Å². The molecule has 0 amide bonds. The van der Waals surface area contributed by atoms with Crippen molar-refractivity contribution in [2.24, 2.45) is 0 Å². The molecule has 0 radical (unpaired) electrons. The molecule has 1 aliphatic carbocycles. The molecule has 0 saturated carbocycles. The van der Waals surface area contributed by atoms with E-state index in [1.807, 2.05) is 12.3 Å². The third-order valence-corrected chi connectivity index (χ3v) is 5.23. The molecule has 1 aliphatic rings. The first-order valence-corrected chi connectivity index (χ1v) is 9.50. The highest BCUT2D eigenvalue weighted by Crippen LogP contribution is 2.31. The van der Waals surface area contributed by atoms with Crippen molar-refractivity contribution in [3.8, 4) is 5.82 Å². The highest BCUT2D eigenvalue weighted by atomic mass is 32.2. The average Bonchev–Trinajstić information content (AvgIpc) is 3.13. The van der Waals surface area contributed by atoms with Gasteiger partial charge < -0.3 is 0 Å². The molecule has 3 aromatic heterocycles. The second-order valence-corrected chi connectivity index (χ2v) is 7.01. The van der Waals surface area contributed by atoms with E-state index in [2.05, 4.69) is 29.5 Å². The maximum atomic E-state index is 12.8. The van der Waals surface area contributed by atoms with Crippen molar-refractivity contribution in [1.82, 2.24) is 24.3 Å². The van der Waals surface area contributed by atoms with Crippen LogP contribution < -0.4 is 5.56 Å². The first-order chi connectivity index (χ1) is 12.1. The zero-order valence-corrected chi connectivity index (χ0v) is 15.1. The highest BCUT2D eigenvalue weighted by molar-refractivity contribution is 7.98. The minimum Gasteiger partial charge on any atom is -0.267 e. The predicted molar refractivity (Wildman–Crippen MR) is 99.6 cm³/mol. The fourth-order valence-corrected chi connectivity index (χ4v) is 3.72. The van der Waals surface area contributed by atoms with E-state index in [9.17, 15) is 4.79 Å². The quantitative estimate of drug-likeness (QED) is 0.410. The number of hydrogen-bond donors (Lipinski definition) is 0. The summed E-state index contributed by atoms with van der Waals surface area (Å²) in [6.07, 6.45) is 7.41. The molecule has 4 rings (SSSR count). The molecule has 6 nitrogen and oxygen atoms in total. The number of hydrogen-bond acceptors (Lipinski definition) is 5. The first-order valence-electron chi connectivity index (χ1n) is 8.27. The van der Waals surface area contributed by atoms with Gasteiger partial charge in [-0.05, 0) is 36.6 Å². The Labute approximate surface area is 149 Å². The summed E-state index contributed by atoms with van der Waals surface area (Å²) in [5, 5.41) is 1.13. The van der Waals surface area contributed by atoms with Gasteiger partial charge in [-0.25, -0.2) is 24.3 Å². The highest BCUT2D eigenvalue weighted by Gasteiger charge is 2.23. The van der Waals surface area contributed by atoms with Crippen LogP contribution in [0.1, 0.15) is 30.5 Å². The molecule has 1 atom stereocenters. The first kappa shape index (κ1) is 16.1. The molecule has 0 aromatic carbocycles. The third kappa shape index (κ3) is 2.50. The van der Waals surface area contributed by atoms with Crippen molar-refractivity contribution in [3.05, 3.63) is 52.6 Å². The monoisotopic (exact) mass is 353 g/mol. The minimum atomic E-state index is -0.127. The van der Waals surface area contributed by atoms with Gasteiger partial charge in [0.15, 0.2) is 16.6 Å². The summed E-state index contributed by atoms with van der Waals surface area (Å²) in [7, 11) is 0. The van der Waals surface area contributed by atoms with Gasteiger partial charge in [0.05, 0.1) is 6.54 Å². The number of allylic oxidation sites excluding steroid dienone is 1. The van der Waals surface area contributed by atoms with E-state index in [0.717, 1.165) is 18.5 Å². The summed E-state index contributed by atoms with van der Waals surface area (Å²) in [6.45, 7) is 6.35. The molecule has 0 fully saturated rings. The SMILES string of the molecule is C=CCn1c(=O)c2cnc(SC)nc2n1-c1ccc2c(n1)C(C)CC2. The third-order valence-electron chi connectivity index (χ3n) is 4.67. The summed E-state index contributed by atoms with van der Waals surface area (Å²) >= 11 is 1.45. The maximum absolute atomic E-state index is 12.8. The lowest BCUT2D eigenvalue weighted by Crippen LogP contribution is -2.22.